The molecule has 0 bridgehead atoms. The van der Waals surface area contributed by atoms with Crippen LogP contribution in [0, 0.1) is 5.92 Å². The molecule has 1 atom stereocenters. The van der Waals surface area contributed by atoms with Crippen LogP contribution in [0.15, 0.2) is 4.99 Å². The summed E-state index contributed by atoms with van der Waals surface area (Å²) in [5, 5.41) is 6.04. The van der Waals surface area contributed by atoms with E-state index in [9.17, 15) is 4.79 Å². The number of nitrogens with two attached hydrogens (primary N) is 1. The van der Waals surface area contributed by atoms with E-state index in [-0.39, 0.29) is 11.9 Å². The third-order valence-corrected chi connectivity index (χ3v) is 3.60. The maximum Gasteiger partial charge on any atom is 0.220 e. The van der Waals surface area contributed by atoms with Crippen molar-refractivity contribution in [3.8, 4) is 0 Å². The molecule has 5 heteroatoms. The molecule has 5 nitrogen and oxygen atoms in total. The quantitative estimate of drug-likeness (QED) is 0.489. The second-order valence-corrected chi connectivity index (χ2v) is 5.06. The van der Waals surface area contributed by atoms with Gasteiger partial charge in [-0.05, 0) is 31.6 Å². The van der Waals surface area contributed by atoms with Crippen LogP contribution in [0.2, 0.25) is 0 Å². The van der Waals surface area contributed by atoms with Crippen LogP contribution in [0.5, 0.6) is 0 Å². The number of guanidine groups is 1. The van der Waals surface area contributed by atoms with Crippen LogP contribution < -0.4 is 16.4 Å². The normalized spacial score (nSPS) is 26.2. The predicted octanol–water partition coefficient (Wildman–Crippen LogP) is 0.359. The van der Waals surface area contributed by atoms with Crippen molar-refractivity contribution in [2.24, 2.45) is 16.6 Å². The Kier molecular flexibility index (Phi) is 4.23. The molecule has 1 heterocycles. The molecule has 0 aromatic carbocycles. The second kappa shape index (κ2) is 5.89. The minimum atomic E-state index is 0.146. The van der Waals surface area contributed by atoms with Crippen molar-refractivity contribution in [3.05, 3.63) is 0 Å². The van der Waals surface area contributed by atoms with Gasteiger partial charge in [0, 0.05) is 25.6 Å². The minimum Gasteiger partial charge on any atom is -0.370 e. The molecule has 1 amide bonds. The van der Waals surface area contributed by atoms with Gasteiger partial charge in [0.25, 0.3) is 0 Å². The van der Waals surface area contributed by atoms with Gasteiger partial charge in [-0.25, -0.2) is 0 Å². The monoisotopic (exact) mass is 238 g/mol. The van der Waals surface area contributed by atoms with Crippen molar-refractivity contribution >= 4 is 11.9 Å². The molecule has 0 spiro atoms. The topological polar surface area (TPSA) is 79.5 Å². The fourth-order valence-electron chi connectivity index (χ4n) is 2.22. The molecule has 96 valence electrons. The fraction of sp³-hybridized carbons (Fsp3) is 0.833. The number of aliphatic imine (C=N–C) groups is 1. The molecule has 1 saturated heterocycles. The Morgan fingerprint density at radius 1 is 1.41 bits per heavy atom. The standard InChI is InChI=1S/C12H22N4O/c13-12(14-7-9-3-1-4-9)15-8-10-5-2-6-11(17)16-10/h9-10H,1-8H2,(H,16,17)(H3,13,14,15). The summed E-state index contributed by atoms with van der Waals surface area (Å²) in [4.78, 5) is 15.5. The maximum atomic E-state index is 11.2. The van der Waals surface area contributed by atoms with Crippen LogP contribution >= 0.6 is 0 Å². The third kappa shape index (κ3) is 3.91. The van der Waals surface area contributed by atoms with Crippen molar-refractivity contribution < 1.29 is 4.79 Å². The van der Waals surface area contributed by atoms with E-state index in [1.54, 1.807) is 0 Å². The fourth-order valence-corrected chi connectivity index (χ4v) is 2.22. The molecule has 0 radical (unpaired) electrons. The maximum absolute atomic E-state index is 11.2. The van der Waals surface area contributed by atoms with E-state index in [2.05, 4.69) is 15.6 Å². The zero-order valence-electron chi connectivity index (χ0n) is 10.2. The number of nitrogens with one attached hydrogen (secondary N) is 2. The summed E-state index contributed by atoms with van der Waals surface area (Å²) in [6.45, 7) is 1.53. The Bertz CT molecular complexity index is 299. The highest BCUT2D eigenvalue weighted by atomic mass is 16.1. The van der Waals surface area contributed by atoms with Gasteiger partial charge >= 0.3 is 0 Å². The van der Waals surface area contributed by atoms with E-state index in [1.165, 1.54) is 19.3 Å². The molecule has 1 unspecified atom stereocenters. The molecule has 2 rings (SSSR count). The lowest BCUT2D eigenvalue weighted by atomic mass is 9.86. The van der Waals surface area contributed by atoms with E-state index in [1.807, 2.05) is 0 Å². The van der Waals surface area contributed by atoms with Crippen LogP contribution in [0.25, 0.3) is 0 Å². The van der Waals surface area contributed by atoms with Gasteiger partial charge in [-0.1, -0.05) is 6.42 Å². The van der Waals surface area contributed by atoms with E-state index in [0.717, 1.165) is 25.3 Å². The summed E-state index contributed by atoms with van der Waals surface area (Å²) < 4.78 is 0. The Morgan fingerprint density at radius 2 is 2.24 bits per heavy atom. The van der Waals surface area contributed by atoms with Crippen molar-refractivity contribution in [2.45, 2.75) is 44.6 Å². The molecular formula is C12H22N4O. The number of nitrogens with zero attached hydrogens (tertiary/aromatic N) is 1. The highest BCUT2D eigenvalue weighted by Crippen LogP contribution is 2.26. The van der Waals surface area contributed by atoms with Gasteiger partial charge in [-0.3, -0.25) is 9.79 Å². The van der Waals surface area contributed by atoms with Crippen molar-refractivity contribution in [1.82, 2.24) is 10.6 Å². The lowest BCUT2D eigenvalue weighted by molar-refractivity contribution is -0.123. The van der Waals surface area contributed by atoms with Gasteiger partial charge in [0.2, 0.25) is 5.91 Å². The van der Waals surface area contributed by atoms with Crippen LogP contribution in [0.1, 0.15) is 38.5 Å². The van der Waals surface area contributed by atoms with Crippen molar-refractivity contribution in [1.29, 1.82) is 0 Å². The lowest BCUT2D eigenvalue weighted by Gasteiger charge is -2.25. The number of hydrogen-bond donors (Lipinski definition) is 3. The summed E-state index contributed by atoms with van der Waals surface area (Å²) in [6.07, 6.45) is 6.56. The van der Waals surface area contributed by atoms with E-state index in [4.69, 9.17) is 5.73 Å². The molecular weight excluding hydrogens is 216 g/mol. The molecule has 4 N–H and O–H groups in total. The number of amides is 1. The van der Waals surface area contributed by atoms with Gasteiger partial charge in [0.05, 0.1) is 0 Å². The average molecular weight is 238 g/mol. The first-order valence-electron chi connectivity index (χ1n) is 6.57. The van der Waals surface area contributed by atoms with Gasteiger partial charge in [0.15, 0.2) is 5.96 Å². The molecule has 0 aromatic rings. The van der Waals surface area contributed by atoms with Crippen molar-refractivity contribution in [3.63, 3.8) is 0 Å². The highest BCUT2D eigenvalue weighted by Gasteiger charge is 2.18. The zero-order valence-corrected chi connectivity index (χ0v) is 10.2. The number of rotatable bonds is 4. The summed E-state index contributed by atoms with van der Waals surface area (Å²) in [5.41, 5.74) is 5.78. The summed E-state index contributed by atoms with van der Waals surface area (Å²) in [6, 6.07) is 0.203. The van der Waals surface area contributed by atoms with Crippen molar-refractivity contribution in [2.75, 3.05) is 13.1 Å². The minimum absolute atomic E-state index is 0.146. The zero-order chi connectivity index (χ0) is 12.1. The Morgan fingerprint density at radius 3 is 2.88 bits per heavy atom. The van der Waals surface area contributed by atoms with Gasteiger partial charge in [-0.15, -0.1) is 0 Å². The average Bonchev–Trinajstić information content (AvgIpc) is 2.24. The van der Waals surface area contributed by atoms with E-state index < -0.39 is 0 Å². The number of piperidine rings is 1. The molecule has 2 fully saturated rings. The van der Waals surface area contributed by atoms with E-state index in [0.29, 0.717) is 18.9 Å². The smallest absolute Gasteiger partial charge is 0.220 e. The molecule has 0 aromatic heterocycles. The summed E-state index contributed by atoms with van der Waals surface area (Å²) in [7, 11) is 0. The molecule has 17 heavy (non-hydrogen) atoms. The summed E-state index contributed by atoms with van der Waals surface area (Å²) >= 11 is 0. The molecule has 2 aliphatic rings. The van der Waals surface area contributed by atoms with Crippen LogP contribution in [-0.4, -0.2) is 31.0 Å². The molecule has 1 aliphatic heterocycles. The second-order valence-electron chi connectivity index (χ2n) is 5.06. The Labute approximate surface area is 102 Å². The highest BCUT2D eigenvalue weighted by molar-refractivity contribution is 5.78. The number of carbonyl (C=O) groups excluding carboxylic acids is 1. The first kappa shape index (κ1) is 12.2. The van der Waals surface area contributed by atoms with Gasteiger partial charge in [-0.2, -0.15) is 0 Å². The molecule has 1 aliphatic carbocycles. The Hall–Kier alpha value is -1.26. The Balaban J connectivity index is 1.64. The van der Waals surface area contributed by atoms with E-state index >= 15 is 0 Å². The van der Waals surface area contributed by atoms with Gasteiger partial charge in [0.1, 0.15) is 0 Å². The summed E-state index contributed by atoms with van der Waals surface area (Å²) in [5.74, 6) is 1.40. The van der Waals surface area contributed by atoms with Crippen LogP contribution in [0.4, 0.5) is 0 Å². The van der Waals surface area contributed by atoms with Crippen LogP contribution in [-0.2, 0) is 4.79 Å². The lowest BCUT2D eigenvalue weighted by Crippen LogP contribution is -2.47. The molecule has 1 saturated carbocycles. The van der Waals surface area contributed by atoms with Crippen LogP contribution in [0.3, 0.4) is 0 Å². The van der Waals surface area contributed by atoms with Gasteiger partial charge < -0.3 is 16.4 Å². The third-order valence-electron chi connectivity index (χ3n) is 3.60. The number of carbonyl (C=O) groups is 1. The first-order chi connectivity index (χ1) is 8.24. The SMILES string of the molecule is NC(=NCC1CCC1)NCC1CCCC(=O)N1. The number of hydrogen-bond acceptors (Lipinski definition) is 2. The first-order valence-corrected chi connectivity index (χ1v) is 6.57. The largest absolute Gasteiger partial charge is 0.370 e. The predicted molar refractivity (Wildman–Crippen MR) is 67.6 cm³/mol.